The van der Waals surface area contributed by atoms with E-state index in [4.69, 9.17) is 4.42 Å². The van der Waals surface area contributed by atoms with Gasteiger partial charge in [-0.2, -0.15) is 0 Å². The van der Waals surface area contributed by atoms with Crippen LogP contribution in [-0.4, -0.2) is 36.3 Å². The molecule has 0 saturated carbocycles. The number of rotatable bonds is 6. The van der Waals surface area contributed by atoms with Gasteiger partial charge in [-0.25, -0.2) is 0 Å². The summed E-state index contributed by atoms with van der Waals surface area (Å²) in [5, 5.41) is 2.86. The summed E-state index contributed by atoms with van der Waals surface area (Å²) in [5.41, 5.74) is 1.92. The van der Waals surface area contributed by atoms with Gasteiger partial charge in [-0.3, -0.25) is 9.59 Å². The first-order valence-electron chi connectivity index (χ1n) is 9.04. The van der Waals surface area contributed by atoms with E-state index < -0.39 is 0 Å². The average molecular weight is 355 g/mol. The number of furan rings is 1. The van der Waals surface area contributed by atoms with Crippen LogP contribution < -0.4 is 10.2 Å². The minimum Gasteiger partial charge on any atom is -0.467 e. The third-order valence-electron chi connectivity index (χ3n) is 4.58. The maximum atomic E-state index is 12.3. The summed E-state index contributed by atoms with van der Waals surface area (Å²) < 4.78 is 5.25. The maximum Gasteiger partial charge on any atom is 0.244 e. The lowest BCUT2D eigenvalue weighted by Gasteiger charge is -2.28. The van der Waals surface area contributed by atoms with Gasteiger partial charge in [0.05, 0.1) is 12.8 Å². The molecule has 0 radical (unpaired) electrons. The number of anilines is 2. The number of nitrogens with one attached hydrogen (secondary N) is 1. The lowest BCUT2D eigenvalue weighted by molar-refractivity contribution is -0.133. The van der Waals surface area contributed by atoms with Crippen LogP contribution in [0.5, 0.6) is 0 Å². The fourth-order valence-electron chi connectivity index (χ4n) is 3.15. The molecule has 3 rings (SSSR count). The monoisotopic (exact) mass is 355 g/mol. The molecule has 26 heavy (non-hydrogen) atoms. The number of amides is 2. The predicted molar refractivity (Wildman–Crippen MR) is 101 cm³/mol. The Balaban J connectivity index is 1.55. The van der Waals surface area contributed by atoms with E-state index in [9.17, 15) is 9.59 Å². The van der Waals surface area contributed by atoms with Crippen LogP contribution in [0.2, 0.25) is 0 Å². The summed E-state index contributed by atoms with van der Waals surface area (Å²) in [7, 11) is 0. The third kappa shape index (κ3) is 4.88. The van der Waals surface area contributed by atoms with Gasteiger partial charge < -0.3 is 19.5 Å². The molecular weight excluding hydrogens is 330 g/mol. The van der Waals surface area contributed by atoms with Crippen LogP contribution in [0.3, 0.4) is 0 Å². The molecule has 1 aromatic carbocycles. The Labute approximate surface area is 153 Å². The van der Waals surface area contributed by atoms with Crippen molar-refractivity contribution in [1.29, 1.82) is 0 Å². The van der Waals surface area contributed by atoms with Crippen LogP contribution in [0.15, 0.2) is 47.1 Å². The Bertz CT molecular complexity index is 719. The molecule has 1 N–H and O–H groups in total. The maximum absolute atomic E-state index is 12.3. The summed E-state index contributed by atoms with van der Waals surface area (Å²) in [6.45, 7) is 3.90. The highest BCUT2D eigenvalue weighted by Gasteiger charge is 2.16. The normalized spacial score (nSPS) is 14.1. The van der Waals surface area contributed by atoms with Crippen LogP contribution in [0, 0.1) is 0 Å². The fraction of sp³-hybridized carbons (Fsp3) is 0.400. The molecule has 0 bridgehead atoms. The van der Waals surface area contributed by atoms with E-state index in [1.807, 2.05) is 24.3 Å². The van der Waals surface area contributed by atoms with Gasteiger partial charge in [0.25, 0.3) is 0 Å². The second-order valence-corrected chi connectivity index (χ2v) is 6.60. The van der Waals surface area contributed by atoms with E-state index in [0.29, 0.717) is 5.76 Å². The molecule has 0 unspecified atom stereocenters. The van der Waals surface area contributed by atoms with E-state index >= 15 is 0 Å². The Hall–Kier alpha value is -2.76. The Morgan fingerprint density at radius 2 is 1.85 bits per heavy atom. The molecule has 6 heteroatoms. The van der Waals surface area contributed by atoms with Crippen molar-refractivity contribution in [2.45, 2.75) is 32.7 Å². The second-order valence-electron chi connectivity index (χ2n) is 6.60. The van der Waals surface area contributed by atoms with Crippen molar-refractivity contribution in [3.8, 4) is 0 Å². The average Bonchev–Trinajstić information content (AvgIpc) is 3.15. The molecule has 6 nitrogen and oxygen atoms in total. The van der Waals surface area contributed by atoms with Gasteiger partial charge in [-0.05, 0) is 55.7 Å². The van der Waals surface area contributed by atoms with E-state index in [1.54, 1.807) is 18.4 Å². The van der Waals surface area contributed by atoms with Gasteiger partial charge in [0.1, 0.15) is 12.3 Å². The number of benzene rings is 1. The third-order valence-corrected chi connectivity index (χ3v) is 4.58. The molecule has 1 fully saturated rings. The van der Waals surface area contributed by atoms with Crippen LogP contribution in [-0.2, 0) is 16.1 Å². The lowest BCUT2D eigenvalue weighted by atomic mass is 10.1. The predicted octanol–water partition coefficient (Wildman–Crippen LogP) is 3.26. The van der Waals surface area contributed by atoms with Gasteiger partial charge in [-0.1, -0.05) is 0 Å². The van der Waals surface area contributed by atoms with Gasteiger partial charge in [-0.15, -0.1) is 0 Å². The van der Waals surface area contributed by atoms with E-state index in [0.717, 1.165) is 18.8 Å². The van der Waals surface area contributed by atoms with Crippen LogP contribution in [0.4, 0.5) is 11.4 Å². The van der Waals surface area contributed by atoms with Gasteiger partial charge in [0.2, 0.25) is 11.8 Å². The molecule has 1 aliphatic rings. The quantitative estimate of drug-likeness (QED) is 0.864. The zero-order chi connectivity index (χ0) is 18.4. The first-order valence-corrected chi connectivity index (χ1v) is 9.04. The molecule has 0 spiro atoms. The molecule has 2 heterocycles. The molecule has 1 aliphatic heterocycles. The van der Waals surface area contributed by atoms with E-state index in [2.05, 4.69) is 10.2 Å². The fourth-order valence-corrected chi connectivity index (χ4v) is 3.15. The van der Waals surface area contributed by atoms with Crippen LogP contribution in [0.25, 0.3) is 0 Å². The van der Waals surface area contributed by atoms with Crippen molar-refractivity contribution < 1.29 is 14.0 Å². The highest BCUT2D eigenvalue weighted by molar-refractivity contribution is 5.94. The minimum atomic E-state index is -0.225. The van der Waals surface area contributed by atoms with Gasteiger partial charge >= 0.3 is 0 Å². The number of hydrogen-bond donors (Lipinski definition) is 1. The Morgan fingerprint density at radius 1 is 1.12 bits per heavy atom. The van der Waals surface area contributed by atoms with Crippen LogP contribution >= 0.6 is 0 Å². The van der Waals surface area contributed by atoms with E-state index in [-0.39, 0.29) is 24.9 Å². The number of hydrogen-bond acceptors (Lipinski definition) is 4. The summed E-state index contributed by atoms with van der Waals surface area (Å²) in [6.07, 6.45) is 5.32. The molecule has 1 saturated heterocycles. The largest absolute Gasteiger partial charge is 0.467 e. The molecule has 138 valence electrons. The van der Waals surface area contributed by atoms with Crippen molar-refractivity contribution in [1.82, 2.24) is 4.90 Å². The molecule has 2 aromatic rings. The number of nitrogens with zero attached hydrogens (tertiary/aromatic N) is 2. The highest BCUT2D eigenvalue weighted by atomic mass is 16.3. The van der Waals surface area contributed by atoms with Gasteiger partial charge in [0.15, 0.2) is 0 Å². The number of carbonyl (C=O) groups is 2. The van der Waals surface area contributed by atoms with Gasteiger partial charge in [0, 0.05) is 31.4 Å². The summed E-state index contributed by atoms with van der Waals surface area (Å²) >= 11 is 0. The molecule has 2 amide bonds. The Morgan fingerprint density at radius 3 is 2.46 bits per heavy atom. The molecule has 1 aromatic heterocycles. The zero-order valence-corrected chi connectivity index (χ0v) is 15.1. The minimum absolute atomic E-state index is 0.0100. The summed E-state index contributed by atoms with van der Waals surface area (Å²) in [6, 6.07) is 11.4. The lowest BCUT2D eigenvalue weighted by Crippen LogP contribution is -2.36. The second kappa shape index (κ2) is 8.56. The summed E-state index contributed by atoms with van der Waals surface area (Å²) in [4.78, 5) is 27.9. The van der Waals surface area contributed by atoms with Crippen molar-refractivity contribution in [2.24, 2.45) is 0 Å². The number of piperidine rings is 1. The van der Waals surface area contributed by atoms with Crippen LogP contribution in [0.1, 0.15) is 31.9 Å². The first kappa shape index (κ1) is 18.0. The topological polar surface area (TPSA) is 65.8 Å². The molecular formula is C20H25N3O3. The number of carbonyl (C=O) groups excluding carboxylic acids is 2. The van der Waals surface area contributed by atoms with E-state index in [1.165, 1.54) is 36.8 Å². The standard InChI is InChI=1S/C20H25N3O3/c1-16(24)23(14-19-6-5-13-26-19)15-20(25)21-17-7-9-18(10-8-17)22-11-3-2-4-12-22/h5-10,13H,2-4,11-12,14-15H2,1H3,(H,21,25). The SMILES string of the molecule is CC(=O)N(CC(=O)Nc1ccc(N2CCCCC2)cc1)Cc1ccco1. The van der Waals surface area contributed by atoms with Crippen molar-refractivity contribution in [2.75, 3.05) is 29.9 Å². The Kier molecular flexibility index (Phi) is 5.94. The zero-order valence-electron chi connectivity index (χ0n) is 15.1. The summed E-state index contributed by atoms with van der Waals surface area (Å²) in [5.74, 6) is 0.258. The van der Waals surface area contributed by atoms with Crippen molar-refractivity contribution >= 4 is 23.2 Å². The first-order chi connectivity index (χ1) is 12.6. The smallest absolute Gasteiger partial charge is 0.244 e. The van der Waals surface area contributed by atoms with Crippen molar-refractivity contribution in [3.05, 3.63) is 48.4 Å². The molecule has 0 atom stereocenters. The molecule has 0 aliphatic carbocycles. The van der Waals surface area contributed by atoms with Crippen molar-refractivity contribution in [3.63, 3.8) is 0 Å². The highest BCUT2D eigenvalue weighted by Crippen LogP contribution is 2.21.